The number of ketones is 1. The smallest absolute Gasteiger partial charge is 0.191 e. The molecule has 0 atom stereocenters. The first-order valence-electron chi connectivity index (χ1n) is 7.37. The van der Waals surface area contributed by atoms with E-state index in [1.54, 1.807) is 24.3 Å². The summed E-state index contributed by atoms with van der Waals surface area (Å²) in [4.78, 5) is 12.2. The zero-order chi connectivity index (χ0) is 16.1. The van der Waals surface area contributed by atoms with E-state index in [1.807, 2.05) is 0 Å². The van der Waals surface area contributed by atoms with Crippen molar-refractivity contribution in [2.45, 2.75) is 44.8 Å². The van der Waals surface area contributed by atoms with Gasteiger partial charge in [0.2, 0.25) is 0 Å². The van der Waals surface area contributed by atoms with Crippen molar-refractivity contribution < 1.29 is 4.79 Å². The molecule has 0 amide bonds. The van der Waals surface area contributed by atoms with E-state index in [-0.39, 0.29) is 5.78 Å². The molecule has 0 aliphatic rings. The summed E-state index contributed by atoms with van der Waals surface area (Å²) in [6, 6.07) is 6.97. The minimum atomic E-state index is 0.0683. The van der Waals surface area contributed by atoms with Crippen LogP contribution in [-0.2, 0) is 6.54 Å². The maximum atomic E-state index is 12.2. The highest BCUT2D eigenvalue weighted by molar-refractivity contribution is 7.99. The van der Waals surface area contributed by atoms with Crippen LogP contribution in [0.15, 0.2) is 29.4 Å². The minimum absolute atomic E-state index is 0.0683. The third kappa shape index (κ3) is 4.11. The quantitative estimate of drug-likeness (QED) is 0.553. The molecular formula is C16H20ClN3OS. The van der Waals surface area contributed by atoms with Crippen LogP contribution in [0.5, 0.6) is 0 Å². The zero-order valence-corrected chi connectivity index (χ0v) is 14.6. The van der Waals surface area contributed by atoms with Gasteiger partial charge in [0.15, 0.2) is 10.9 Å². The monoisotopic (exact) mass is 337 g/mol. The number of halogens is 1. The molecule has 0 aliphatic heterocycles. The van der Waals surface area contributed by atoms with E-state index in [2.05, 4.69) is 35.5 Å². The molecule has 0 radical (unpaired) electrons. The lowest BCUT2D eigenvalue weighted by Gasteiger charge is -2.10. The standard InChI is InChI=1S/C16H20ClN3OS/c1-4-9-20-15(11(2)3)18-19-16(20)22-10-14(21)12-5-7-13(17)8-6-12/h5-8,11H,4,9-10H2,1-3H3. The van der Waals surface area contributed by atoms with Gasteiger partial charge in [-0.1, -0.05) is 44.1 Å². The van der Waals surface area contributed by atoms with Gasteiger partial charge in [0.25, 0.3) is 0 Å². The maximum Gasteiger partial charge on any atom is 0.191 e. The molecule has 118 valence electrons. The van der Waals surface area contributed by atoms with E-state index in [0.717, 1.165) is 23.9 Å². The van der Waals surface area contributed by atoms with Crippen molar-refractivity contribution in [1.82, 2.24) is 14.8 Å². The van der Waals surface area contributed by atoms with E-state index in [1.165, 1.54) is 11.8 Å². The molecule has 0 saturated heterocycles. The molecule has 4 nitrogen and oxygen atoms in total. The largest absolute Gasteiger partial charge is 0.306 e. The first kappa shape index (κ1) is 17.0. The Balaban J connectivity index is 2.07. The lowest BCUT2D eigenvalue weighted by Crippen LogP contribution is -2.08. The molecule has 0 bridgehead atoms. The normalized spacial score (nSPS) is 11.1. The fraction of sp³-hybridized carbons (Fsp3) is 0.438. The van der Waals surface area contributed by atoms with Crippen molar-refractivity contribution in [2.24, 2.45) is 0 Å². The number of hydrogen-bond acceptors (Lipinski definition) is 4. The average Bonchev–Trinajstić information content (AvgIpc) is 2.89. The van der Waals surface area contributed by atoms with Gasteiger partial charge in [-0.05, 0) is 30.7 Å². The predicted octanol–water partition coefficient (Wildman–Crippen LogP) is 4.44. The molecule has 6 heteroatoms. The third-order valence-corrected chi connectivity index (χ3v) is 4.43. The van der Waals surface area contributed by atoms with Crippen LogP contribution in [0.1, 0.15) is 49.3 Å². The second-order valence-electron chi connectivity index (χ2n) is 5.37. The second-order valence-corrected chi connectivity index (χ2v) is 6.74. The summed E-state index contributed by atoms with van der Waals surface area (Å²) in [7, 11) is 0. The third-order valence-electron chi connectivity index (χ3n) is 3.21. The zero-order valence-electron chi connectivity index (χ0n) is 13.0. The Hall–Kier alpha value is -1.33. The molecule has 0 unspecified atom stereocenters. The van der Waals surface area contributed by atoms with E-state index < -0.39 is 0 Å². The van der Waals surface area contributed by atoms with Crippen LogP contribution in [0.2, 0.25) is 5.02 Å². The minimum Gasteiger partial charge on any atom is -0.306 e. The molecule has 0 N–H and O–H groups in total. The van der Waals surface area contributed by atoms with E-state index in [0.29, 0.717) is 22.3 Å². The molecule has 1 aromatic heterocycles. The number of rotatable bonds is 7. The van der Waals surface area contributed by atoms with Gasteiger partial charge in [0.1, 0.15) is 5.82 Å². The van der Waals surface area contributed by atoms with E-state index in [9.17, 15) is 4.79 Å². The fourth-order valence-corrected chi connectivity index (χ4v) is 3.11. The lowest BCUT2D eigenvalue weighted by atomic mass is 10.1. The second kappa shape index (κ2) is 7.79. The Bertz CT molecular complexity index is 637. The number of Topliss-reactive ketones (excluding diaryl/α,β-unsaturated/α-hetero) is 1. The average molecular weight is 338 g/mol. The topological polar surface area (TPSA) is 47.8 Å². The summed E-state index contributed by atoms with van der Waals surface area (Å²) < 4.78 is 2.12. The molecule has 0 aliphatic carbocycles. The van der Waals surface area contributed by atoms with Gasteiger partial charge in [0.05, 0.1) is 5.75 Å². The van der Waals surface area contributed by atoms with Crippen LogP contribution in [0.25, 0.3) is 0 Å². The van der Waals surface area contributed by atoms with Crippen LogP contribution in [0.4, 0.5) is 0 Å². The summed E-state index contributed by atoms with van der Waals surface area (Å²) in [5, 5.41) is 9.94. The number of thioether (sulfide) groups is 1. The molecule has 2 aromatic rings. The van der Waals surface area contributed by atoms with Crippen LogP contribution < -0.4 is 0 Å². The molecule has 0 spiro atoms. The van der Waals surface area contributed by atoms with Gasteiger partial charge >= 0.3 is 0 Å². The molecule has 1 heterocycles. The highest BCUT2D eigenvalue weighted by Gasteiger charge is 2.16. The van der Waals surface area contributed by atoms with Gasteiger partial charge in [-0.3, -0.25) is 4.79 Å². The summed E-state index contributed by atoms with van der Waals surface area (Å²) in [6.45, 7) is 7.20. The van der Waals surface area contributed by atoms with Gasteiger partial charge in [-0.25, -0.2) is 0 Å². The maximum absolute atomic E-state index is 12.2. The van der Waals surface area contributed by atoms with Gasteiger partial charge in [-0.15, -0.1) is 10.2 Å². The van der Waals surface area contributed by atoms with Crippen molar-refractivity contribution in [2.75, 3.05) is 5.75 Å². The Morgan fingerprint density at radius 1 is 1.27 bits per heavy atom. The van der Waals surface area contributed by atoms with Crippen molar-refractivity contribution in [3.63, 3.8) is 0 Å². The molecular weight excluding hydrogens is 318 g/mol. The summed E-state index contributed by atoms with van der Waals surface area (Å²) in [6.07, 6.45) is 1.01. The molecule has 0 saturated carbocycles. The number of carbonyl (C=O) groups excluding carboxylic acids is 1. The van der Waals surface area contributed by atoms with Crippen molar-refractivity contribution in [3.8, 4) is 0 Å². The first-order chi connectivity index (χ1) is 10.5. The lowest BCUT2D eigenvalue weighted by molar-refractivity contribution is 0.102. The number of aromatic nitrogens is 3. The Morgan fingerprint density at radius 3 is 2.55 bits per heavy atom. The first-order valence-corrected chi connectivity index (χ1v) is 8.74. The predicted molar refractivity (Wildman–Crippen MR) is 90.9 cm³/mol. The highest BCUT2D eigenvalue weighted by Crippen LogP contribution is 2.23. The number of carbonyl (C=O) groups is 1. The van der Waals surface area contributed by atoms with Crippen molar-refractivity contribution in [1.29, 1.82) is 0 Å². The Kier molecular flexibility index (Phi) is 6.03. The van der Waals surface area contributed by atoms with Crippen LogP contribution in [0, 0.1) is 0 Å². The van der Waals surface area contributed by atoms with E-state index >= 15 is 0 Å². The van der Waals surface area contributed by atoms with Gasteiger partial charge in [-0.2, -0.15) is 0 Å². The van der Waals surface area contributed by atoms with Gasteiger partial charge in [0, 0.05) is 23.0 Å². The number of hydrogen-bond donors (Lipinski definition) is 0. The summed E-state index contributed by atoms with van der Waals surface area (Å²) in [5.41, 5.74) is 0.669. The van der Waals surface area contributed by atoms with Gasteiger partial charge < -0.3 is 4.57 Å². The van der Waals surface area contributed by atoms with Crippen LogP contribution >= 0.6 is 23.4 Å². The van der Waals surface area contributed by atoms with Crippen molar-refractivity contribution in [3.05, 3.63) is 40.7 Å². The molecule has 22 heavy (non-hydrogen) atoms. The van der Waals surface area contributed by atoms with E-state index in [4.69, 9.17) is 11.6 Å². The Labute approximate surface area is 140 Å². The van der Waals surface area contributed by atoms with Crippen molar-refractivity contribution >= 4 is 29.1 Å². The van der Waals surface area contributed by atoms with Crippen LogP contribution in [-0.4, -0.2) is 26.3 Å². The fourth-order valence-electron chi connectivity index (χ4n) is 2.12. The molecule has 2 rings (SSSR count). The summed E-state index contributed by atoms with van der Waals surface area (Å²) in [5.74, 6) is 1.71. The Morgan fingerprint density at radius 2 is 1.95 bits per heavy atom. The molecule has 0 fully saturated rings. The molecule has 1 aromatic carbocycles. The summed E-state index contributed by atoms with van der Waals surface area (Å²) >= 11 is 7.28. The number of benzene rings is 1. The highest BCUT2D eigenvalue weighted by atomic mass is 35.5. The number of nitrogens with zero attached hydrogens (tertiary/aromatic N) is 3. The SMILES string of the molecule is CCCn1c(SCC(=O)c2ccc(Cl)cc2)nnc1C(C)C. The van der Waals surface area contributed by atoms with Crippen LogP contribution in [0.3, 0.4) is 0 Å².